The maximum Gasteiger partial charge on any atom is 0.223 e. The lowest BCUT2D eigenvalue weighted by Crippen LogP contribution is -2.48. The molecule has 1 fully saturated rings. The second kappa shape index (κ2) is 5.68. The van der Waals surface area contributed by atoms with Crippen LogP contribution < -0.4 is 0 Å². The molecular formula is C10H18ClNO3. The molecule has 0 bridgehead atoms. The highest BCUT2D eigenvalue weighted by Gasteiger charge is 2.35. The van der Waals surface area contributed by atoms with Crippen LogP contribution in [-0.4, -0.2) is 49.8 Å². The van der Waals surface area contributed by atoms with Crippen molar-refractivity contribution < 1.29 is 14.3 Å². The molecule has 0 atom stereocenters. The second-order valence-corrected chi connectivity index (χ2v) is 4.02. The second-order valence-electron chi connectivity index (χ2n) is 3.64. The van der Waals surface area contributed by atoms with Gasteiger partial charge >= 0.3 is 0 Å². The zero-order valence-electron chi connectivity index (χ0n) is 9.29. The van der Waals surface area contributed by atoms with Crippen LogP contribution in [0.3, 0.4) is 0 Å². The van der Waals surface area contributed by atoms with Crippen molar-refractivity contribution in [2.45, 2.75) is 25.0 Å². The van der Waals surface area contributed by atoms with Crippen LogP contribution >= 0.6 is 11.6 Å². The molecule has 1 amide bonds. The van der Waals surface area contributed by atoms with Crippen LogP contribution in [0.5, 0.6) is 0 Å². The van der Waals surface area contributed by atoms with E-state index in [1.807, 2.05) is 4.90 Å². The van der Waals surface area contributed by atoms with E-state index >= 15 is 0 Å². The van der Waals surface area contributed by atoms with Gasteiger partial charge < -0.3 is 14.4 Å². The van der Waals surface area contributed by atoms with Crippen molar-refractivity contribution >= 4 is 17.5 Å². The lowest BCUT2D eigenvalue weighted by molar-refractivity contribution is -0.228. The first kappa shape index (κ1) is 12.7. The largest absolute Gasteiger partial charge is 0.353 e. The van der Waals surface area contributed by atoms with Crippen LogP contribution in [0, 0.1) is 0 Å². The Morgan fingerprint density at radius 1 is 1.33 bits per heavy atom. The zero-order valence-corrected chi connectivity index (χ0v) is 10.0. The summed E-state index contributed by atoms with van der Waals surface area (Å²) in [7, 11) is 3.28. The Labute approximate surface area is 95.5 Å². The fraction of sp³-hybridized carbons (Fsp3) is 0.900. The van der Waals surface area contributed by atoms with Gasteiger partial charge in [-0.3, -0.25) is 4.79 Å². The van der Waals surface area contributed by atoms with Crippen molar-refractivity contribution in [1.82, 2.24) is 4.90 Å². The van der Waals surface area contributed by atoms with E-state index in [0.717, 1.165) is 0 Å². The molecule has 0 saturated carbocycles. The summed E-state index contributed by atoms with van der Waals surface area (Å²) in [5.74, 6) is -0.00179. The van der Waals surface area contributed by atoms with E-state index in [1.165, 1.54) is 0 Å². The number of hydrogen-bond acceptors (Lipinski definition) is 3. The topological polar surface area (TPSA) is 38.8 Å². The highest BCUT2D eigenvalue weighted by molar-refractivity contribution is 6.18. The third kappa shape index (κ3) is 3.06. The Hall–Kier alpha value is -0.320. The molecule has 1 saturated heterocycles. The predicted molar refractivity (Wildman–Crippen MR) is 57.9 cm³/mol. The molecule has 1 rings (SSSR count). The summed E-state index contributed by atoms with van der Waals surface area (Å²) in [4.78, 5) is 13.4. The number of alkyl halides is 1. The van der Waals surface area contributed by atoms with Gasteiger partial charge in [-0.15, -0.1) is 11.6 Å². The number of halogens is 1. The van der Waals surface area contributed by atoms with Crippen molar-refractivity contribution in [1.29, 1.82) is 0 Å². The average Bonchev–Trinajstić information content (AvgIpc) is 2.29. The first-order valence-electron chi connectivity index (χ1n) is 5.11. The molecule has 0 unspecified atom stereocenters. The standard InChI is InChI=1S/C10H18ClNO3/c1-14-10(15-2)4-7-12(8-5-10)9(13)3-6-11/h3-8H2,1-2H3. The molecule has 1 aliphatic rings. The number of nitrogens with zero attached hydrogens (tertiary/aromatic N) is 1. The Bertz CT molecular complexity index is 209. The number of methoxy groups -OCH3 is 2. The highest BCUT2D eigenvalue weighted by Crippen LogP contribution is 2.26. The number of carbonyl (C=O) groups is 1. The normalized spacial score (nSPS) is 20.3. The zero-order chi connectivity index (χ0) is 11.3. The number of hydrogen-bond donors (Lipinski definition) is 0. The Balaban J connectivity index is 2.44. The molecule has 0 N–H and O–H groups in total. The molecular weight excluding hydrogens is 218 g/mol. The van der Waals surface area contributed by atoms with Crippen LogP contribution in [0.1, 0.15) is 19.3 Å². The lowest BCUT2D eigenvalue weighted by Gasteiger charge is -2.39. The number of carbonyl (C=O) groups excluding carboxylic acids is 1. The number of amides is 1. The van der Waals surface area contributed by atoms with Gasteiger partial charge in [0.15, 0.2) is 5.79 Å². The molecule has 88 valence electrons. The smallest absolute Gasteiger partial charge is 0.223 e. The maximum atomic E-state index is 11.5. The van der Waals surface area contributed by atoms with Gasteiger partial charge in [0.25, 0.3) is 0 Å². The van der Waals surface area contributed by atoms with Gasteiger partial charge in [-0.25, -0.2) is 0 Å². The molecule has 15 heavy (non-hydrogen) atoms. The number of piperidine rings is 1. The fourth-order valence-electron chi connectivity index (χ4n) is 1.83. The van der Waals surface area contributed by atoms with E-state index < -0.39 is 5.79 Å². The summed E-state index contributed by atoms with van der Waals surface area (Å²) < 4.78 is 10.7. The molecule has 4 nitrogen and oxygen atoms in total. The van der Waals surface area contributed by atoms with E-state index in [0.29, 0.717) is 38.2 Å². The minimum Gasteiger partial charge on any atom is -0.353 e. The minimum absolute atomic E-state index is 0.116. The van der Waals surface area contributed by atoms with Crippen molar-refractivity contribution in [3.05, 3.63) is 0 Å². The molecule has 0 aromatic heterocycles. The monoisotopic (exact) mass is 235 g/mol. The van der Waals surface area contributed by atoms with Crippen LogP contribution in [0.25, 0.3) is 0 Å². The molecule has 0 radical (unpaired) electrons. The maximum absolute atomic E-state index is 11.5. The summed E-state index contributed by atoms with van der Waals surface area (Å²) in [6, 6.07) is 0. The lowest BCUT2D eigenvalue weighted by atomic mass is 10.0. The van der Waals surface area contributed by atoms with Crippen molar-refractivity contribution in [2.24, 2.45) is 0 Å². The molecule has 0 spiro atoms. The predicted octanol–water partition coefficient (Wildman–Crippen LogP) is 1.23. The number of rotatable bonds is 4. The van der Waals surface area contributed by atoms with Crippen LogP contribution in [0.4, 0.5) is 0 Å². The van der Waals surface area contributed by atoms with Gasteiger partial charge in [0.1, 0.15) is 0 Å². The summed E-state index contributed by atoms with van der Waals surface area (Å²) in [6.07, 6.45) is 1.84. The Morgan fingerprint density at radius 2 is 1.87 bits per heavy atom. The van der Waals surface area contributed by atoms with Crippen LogP contribution in [-0.2, 0) is 14.3 Å². The van der Waals surface area contributed by atoms with Crippen molar-refractivity contribution in [3.63, 3.8) is 0 Å². The molecule has 0 aromatic rings. The molecule has 5 heteroatoms. The van der Waals surface area contributed by atoms with Crippen LogP contribution in [0.15, 0.2) is 0 Å². The molecule has 0 aromatic carbocycles. The third-order valence-electron chi connectivity index (χ3n) is 2.93. The van der Waals surface area contributed by atoms with Gasteiger partial charge in [-0.1, -0.05) is 0 Å². The first-order chi connectivity index (χ1) is 7.17. The Kier molecular flexibility index (Phi) is 4.83. The van der Waals surface area contributed by atoms with Gasteiger partial charge in [-0.2, -0.15) is 0 Å². The van der Waals surface area contributed by atoms with Gasteiger partial charge in [-0.05, 0) is 0 Å². The Morgan fingerprint density at radius 3 is 2.27 bits per heavy atom. The van der Waals surface area contributed by atoms with Gasteiger partial charge in [0, 0.05) is 52.5 Å². The third-order valence-corrected chi connectivity index (χ3v) is 3.12. The number of ether oxygens (including phenoxy) is 2. The van der Waals surface area contributed by atoms with E-state index in [1.54, 1.807) is 14.2 Å². The SMILES string of the molecule is COC1(OC)CCN(C(=O)CCCl)CC1. The van der Waals surface area contributed by atoms with E-state index in [4.69, 9.17) is 21.1 Å². The highest BCUT2D eigenvalue weighted by atomic mass is 35.5. The van der Waals surface area contributed by atoms with E-state index in [2.05, 4.69) is 0 Å². The quantitative estimate of drug-likeness (QED) is 0.544. The molecule has 1 heterocycles. The van der Waals surface area contributed by atoms with Crippen molar-refractivity contribution in [3.8, 4) is 0 Å². The molecule has 0 aliphatic carbocycles. The minimum atomic E-state index is -0.502. The van der Waals surface area contributed by atoms with Gasteiger partial charge in [0.05, 0.1) is 0 Å². The summed E-state index contributed by atoms with van der Waals surface area (Å²) in [5, 5.41) is 0. The fourth-order valence-corrected chi connectivity index (χ4v) is 1.99. The van der Waals surface area contributed by atoms with E-state index in [-0.39, 0.29) is 5.91 Å². The first-order valence-corrected chi connectivity index (χ1v) is 5.65. The summed E-state index contributed by atoms with van der Waals surface area (Å²) in [5.41, 5.74) is 0. The average molecular weight is 236 g/mol. The summed E-state index contributed by atoms with van der Waals surface area (Å²) in [6.45, 7) is 1.36. The van der Waals surface area contributed by atoms with E-state index in [9.17, 15) is 4.79 Å². The molecule has 1 aliphatic heterocycles. The summed E-state index contributed by atoms with van der Waals surface area (Å²) >= 11 is 5.53. The van der Waals surface area contributed by atoms with Crippen molar-refractivity contribution in [2.75, 3.05) is 33.2 Å². The van der Waals surface area contributed by atoms with Crippen LogP contribution in [0.2, 0.25) is 0 Å². The van der Waals surface area contributed by atoms with Gasteiger partial charge in [0.2, 0.25) is 5.91 Å². The number of likely N-dealkylation sites (tertiary alicyclic amines) is 1.